The van der Waals surface area contributed by atoms with E-state index in [1.165, 1.54) is 12.1 Å². The predicted molar refractivity (Wildman–Crippen MR) is 101 cm³/mol. The lowest BCUT2D eigenvalue weighted by molar-refractivity contribution is -0.153. The molecule has 9 heteroatoms. The highest BCUT2D eigenvalue weighted by atomic mass is 19.4. The third-order valence-corrected chi connectivity index (χ3v) is 4.36. The molecule has 6 nitrogen and oxygen atoms in total. The maximum absolute atomic E-state index is 12.2. The van der Waals surface area contributed by atoms with Crippen LogP contribution in [-0.2, 0) is 16.0 Å². The molecule has 1 fully saturated rings. The molecule has 1 aromatic carbocycles. The number of halogens is 3. The van der Waals surface area contributed by atoms with Gasteiger partial charge in [0.1, 0.15) is 5.75 Å². The van der Waals surface area contributed by atoms with Crippen LogP contribution >= 0.6 is 0 Å². The van der Waals surface area contributed by atoms with E-state index in [1.807, 2.05) is 0 Å². The van der Waals surface area contributed by atoms with Crippen molar-refractivity contribution < 1.29 is 27.4 Å². The monoisotopic (exact) mass is 403 g/mol. The van der Waals surface area contributed by atoms with Gasteiger partial charge in [0, 0.05) is 39.7 Å². The molecule has 0 amide bonds. The Balaban J connectivity index is 1.75. The Morgan fingerprint density at radius 2 is 2.00 bits per heavy atom. The number of guanidine groups is 1. The van der Waals surface area contributed by atoms with Crippen molar-refractivity contribution in [2.24, 2.45) is 10.9 Å². The highest BCUT2D eigenvalue weighted by molar-refractivity contribution is 5.80. The van der Waals surface area contributed by atoms with E-state index in [1.54, 1.807) is 26.3 Å². The number of hydrogen-bond acceptors (Lipinski definition) is 4. The summed E-state index contributed by atoms with van der Waals surface area (Å²) in [4.78, 5) is 6.51. The molecule has 0 aromatic heterocycles. The fraction of sp³-hybridized carbons (Fsp3) is 0.632. The van der Waals surface area contributed by atoms with Crippen LogP contribution in [-0.4, -0.2) is 70.7 Å². The van der Waals surface area contributed by atoms with Crippen molar-refractivity contribution in [1.29, 1.82) is 0 Å². The van der Waals surface area contributed by atoms with Crippen LogP contribution in [0.3, 0.4) is 0 Å². The first-order chi connectivity index (χ1) is 13.4. The van der Waals surface area contributed by atoms with Gasteiger partial charge in [-0.05, 0) is 24.1 Å². The molecule has 158 valence electrons. The van der Waals surface area contributed by atoms with Gasteiger partial charge in [0.15, 0.2) is 12.6 Å². The predicted octanol–water partition coefficient (Wildman–Crippen LogP) is 2.69. The van der Waals surface area contributed by atoms with Crippen molar-refractivity contribution in [2.75, 3.05) is 53.7 Å². The molecule has 0 aliphatic carbocycles. The fourth-order valence-corrected chi connectivity index (χ4v) is 2.94. The number of hydrogen-bond donors (Lipinski definition) is 1. The van der Waals surface area contributed by atoms with E-state index in [4.69, 9.17) is 14.2 Å². The number of rotatable bonds is 9. The van der Waals surface area contributed by atoms with Crippen molar-refractivity contribution in [3.8, 4) is 5.75 Å². The summed E-state index contributed by atoms with van der Waals surface area (Å²) >= 11 is 0. The van der Waals surface area contributed by atoms with Gasteiger partial charge >= 0.3 is 6.18 Å². The largest absolute Gasteiger partial charge is 0.484 e. The van der Waals surface area contributed by atoms with Crippen molar-refractivity contribution in [3.63, 3.8) is 0 Å². The number of nitrogens with one attached hydrogen (secondary N) is 1. The molecule has 0 radical (unpaired) electrons. The minimum atomic E-state index is -4.34. The van der Waals surface area contributed by atoms with Gasteiger partial charge in [-0.2, -0.15) is 13.2 Å². The molecule has 1 unspecified atom stereocenters. The Labute approximate surface area is 163 Å². The van der Waals surface area contributed by atoms with Gasteiger partial charge in [-0.1, -0.05) is 12.1 Å². The Kier molecular flexibility index (Phi) is 8.85. The zero-order valence-corrected chi connectivity index (χ0v) is 16.3. The third kappa shape index (κ3) is 7.93. The van der Waals surface area contributed by atoms with Crippen molar-refractivity contribution in [2.45, 2.75) is 19.1 Å². The molecule has 2 rings (SSSR count). The Hall–Kier alpha value is -2.00. The van der Waals surface area contributed by atoms with Crippen LogP contribution in [0.25, 0.3) is 0 Å². The van der Waals surface area contributed by atoms with Crippen LogP contribution in [0.5, 0.6) is 5.75 Å². The first kappa shape index (κ1) is 22.3. The summed E-state index contributed by atoms with van der Waals surface area (Å²) < 4.78 is 51.8. The quantitative estimate of drug-likeness (QED) is 0.390. The van der Waals surface area contributed by atoms with E-state index in [2.05, 4.69) is 15.2 Å². The molecular formula is C19H28F3N3O3. The molecule has 1 heterocycles. The van der Waals surface area contributed by atoms with Crippen LogP contribution < -0.4 is 10.1 Å². The van der Waals surface area contributed by atoms with Gasteiger partial charge in [-0.15, -0.1) is 0 Å². The third-order valence-electron chi connectivity index (χ3n) is 4.36. The molecule has 1 aliphatic rings. The average molecular weight is 403 g/mol. The topological polar surface area (TPSA) is 55.3 Å². The highest BCUT2D eigenvalue weighted by Crippen LogP contribution is 2.19. The van der Waals surface area contributed by atoms with E-state index in [0.29, 0.717) is 32.3 Å². The van der Waals surface area contributed by atoms with Crippen LogP contribution in [0.15, 0.2) is 29.3 Å². The van der Waals surface area contributed by atoms with Crippen LogP contribution in [0.4, 0.5) is 13.2 Å². The average Bonchev–Trinajstić information content (AvgIpc) is 3.13. The smallest absolute Gasteiger partial charge is 0.422 e. The molecule has 28 heavy (non-hydrogen) atoms. The Morgan fingerprint density at radius 3 is 2.64 bits per heavy atom. The van der Waals surface area contributed by atoms with Gasteiger partial charge < -0.3 is 24.4 Å². The lowest BCUT2D eigenvalue weighted by atomic mass is 10.1. The fourth-order valence-electron chi connectivity index (χ4n) is 2.94. The Morgan fingerprint density at radius 1 is 1.25 bits per heavy atom. The van der Waals surface area contributed by atoms with Gasteiger partial charge in [-0.25, -0.2) is 0 Å². The summed E-state index contributed by atoms with van der Waals surface area (Å²) in [5, 5.41) is 3.29. The summed E-state index contributed by atoms with van der Waals surface area (Å²) in [5.74, 6) is 1.46. The molecule has 0 bridgehead atoms. The molecule has 1 saturated heterocycles. The molecule has 0 spiro atoms. The van der Waals surface area contributed by atoms with E-state index in [-0.39, 0.29) is 5.75 Å². The Bertz CT molecular complexity index is 609. The number of aliphatic imine (C=N–C) groups is 1. The standard InChI is InChI=1S/C19H28F3N3O3/c1-23-18(25-8-7-16(12-25)13-27-10-9-26-2)24-11-15-3-5-17(6-4-15)28-14-19(20,21)22/h3-6,16H,7-14H2,1-2H3,(H,23,24). The number of nitrogens with zero attached hydrogens (tertiary/aromatic N) is 2. The van der Waals surface area contributed by atoms with Crippen molar-refractivity contribution in [1.82, 2.24) is 10.2 Å². The minimum Gasteiger partial charge on any atom is -0.484 e. The lowest BCUT2D eigenvalue weighted by Gasteiger charge is -2.22. The van der Waals surface area contributed by atoms with E-state index in [9.17, 15) is 13.2 Å². The lowest BCUT2D eigenvalue weighted by Crippen LogP contribution is -2.39. The minimum absolute atomic E-state index is 0.196. The van der Waals surface area contributed by atoms with Crippen molar-refractivity contribution >= 4 is 5.96 Å². The SMILES string of the molecule is CN=C(NCc1ccc(OCC(F)(F)F)cc1)N1CCC(COCCOC)C1. The van der Waals surface area contributed by atoms with Gasteiger partial charge in [0.2, 0.25) is 0 Å². The van der Waals surface area contributed by atoms with Crippen molar-refractivity contribution in [3.05, 3.63) is 29.8 Å². The normalized spacial score (nSPS) is 17.8. The van der Waals surface area contributed by atoms with Crippen LogP contribution in [0, 0.1) is 5.92 Å². The first-order valence-electron chi connectivity index (χ1n) is 9.22. The van der Waals surface area contributed by atoms with Gasteiger partial charge in [-0.3, -0.25) is 4.99 Å². The van der Waals surface area contributed by atoms with Gasteiger partial charge in [0.25, 0.3) is 0 Å². The summed E-state index contributed by atoms with van der Waals surface area (Å²) in [6.07, 6.45) is -3.30. The maximum Gasteiger partial charge on any atom is 0.422 e. The van der Waals surface area contributed by atoms with Gasteiger partial charge in [0.05, 0.1) is 19.8 Å². The molecule has 1 aromatic rings. The van der Waals surface area contributed by atoms with E-state index < -0.39 is 12.8 Å². The second-order valence-corrected chi connectivity index (χ2v) is 6.62. The second kappa shape index (κ2) is 11.1. The number of likely N-dealkylation sites (tertiary alicyclic amines) is 1. The molecular weight excluding hydrogens is 375 g/mol. The first-order valence-corrected chi connectivity index (χ1v) is 9.22. The molecule has 1 atom stereocenters. The zero-order chi connectivity index (χ0) is 20.4. The summed E-state index contributed by atoms with van der Waals surface area (Å²) in [5.41, 5.74) is 0.930. The molecule has 1 aliphatic heterocycles. The van der Waals surface area contributed by atoms with Crippen LogP contribution in [0.2, 0.25) is 0 Å². The molecule has 1 N–H and O–H groups in total. The van der Waals surface area contributed by atoms with Crippen LogP contribution in [0.1, 0.15) is 12.0 Å². The number of benzene rings is 1. The molecule has 0 saturated carbocycles. The van der Waals surface area contributed by atoms with E-state index in [0.717, 1.165) is 31.0 Å². The second-order valence-electron chi connectivity index (χ2n) is 6.62. The number of methoxy groups -OCH3 is 1. The number of alkyl halides is 3. The summed E-state index contributed by atoms with van der Waals surface area (Å²) in [7, 11) is 3.39. The zero-order valence-electron chi connectivity index (χ0n) is 16.3. The summed E-state index contributed by atoms with van der Waals surface area (Å²) in [6.45, 7) is 2.91. The summed E-state index contributed by atoms with van der Waals surface area (Å²) in [6, 6.07) is 6.55. The number of ether oxygens (including phenoxy) is 3. The maximum atomic E-state index is 12.2. The van der Waals surface area contributed by atoms with E-state index >= 15 is 0 Å². The highest BCUT2D eigenvalue weighted by Gasteiger charge is 2.28.